The van der Waals surface area contributed by atoms with Crippen LogP contribution in [0.2, 0.25) is 0 Å². The number of nitrogens with two attached hydrogens (primary N) is 2. The number of carbonyl (C=O) groups excluding carboxylic acids is 3. The molecule has 0 saturated carbocycles. The summed E-state index contributed by atoms with van der Waals surface area (Å²) in [4.78, 5) is 61.8. The van der Waals surface area contributed by atoms with Gasteiger partial charge in [-0.05, 0) is 86.6 Å². The Morgan fingerprint density at radius 1 is 0.847 bits per heavy atom. The van der Waals surface area contributed by atoms with Gasteiger partial charge in [0.15, 0.2) is 0 Å². The van der Waals surface area contributed by atoms with Crippen LogP contribution in [0.3, 0.4) is 0 Å². The number of carboxylic acids is 1. The summed E-state index contributed by atoms with van der Waals surface area (Å²) in [6.07, 6.45) is 3.54. The van der Waals surface area contributed by atoms with Crippen LogP contribution in [0.1, 0.15) is 110 Å². The number of fused-ring (bicyclic) bond motifs is 8. The number of aryl methyl sites for hydroxylation is 3. The highest BCUT2D eigenvalue weighted by Gasteiger charge is 2.33. The Balaban J connectivity index is 0.000000527. The zero-order chi connectivity index (χ0) is 44.0. The molecule has 3 aromatic heterocycles. The maximum absolute atomic E-state index is 12.3. The molecule has 0 spiro atoms. The predicted octanol–water partition coefficient (Wildman–Crippen LogP) is 6.09. The van der Waals surface area contributed by atoms with Crippen molar-refractivity contribution in [1.82, 2.24) is 19.9 Å². The van der Waals surface area contributed by atoms with Crippen LogP contribution in [0.4, 0.5) is 0 Å². The molecule has 0 radical (unpaired) electrons. The average Bonchev–Trinajstić information content (AvgIpc) is 3.88. The lowest BCUT2D eigenvalue weighted by atomic mass is 9.85. The van der Waals surface area contributed by atoms with Crippen molar-refractivity contribution in [3.05, 3.63) is 75.4 Å². The molecule has 7 N–H and O–H groups in total. The molecule has 2 aliphatic rings. The number of hydrogen-bond acceptors (Lipinski definition) is 13. The highest BCUT2D eigenvalue weighted by atomic mass is 16.6. The van der Waals surface area contributed by atoms with E-state index < -0.39 is 11.9 Å². The Labute approximate surface area is 344 Å². The molecule has 16 heteroatoms. The number of ether oxygens (including phenoxy) is 5. The predicted molar refractivity (Wildman–Crippen MR) is 226 cm³/mol. The molecular weight excluding hydrogens is 761 g/mol. The number of nitrogens with one attached hydrogen (secondary N) is 2. The zero-order valence-corrected chi connectivity index (χ0v) is 35.5. The summed E-state index contributed by atoms with van der Waals surface area (Å²) in [6, 6.07) is 6.36. The third kappa shape index (κ3) is 12.2. The maximum Gasteiger partial charge on any atom is 0.331 e. The summed E-state index contributed by atoms with van der Waals surface area (Å²) in [7, 11) is 2.70. The Kier molecular flexibility index (Phi) is 18.2. The number of aliphatic carboxylic acids is 1. The van der Waals surface area contributed by atoms with E-state index in [9.17, 15) is 19.2 Å². The number of H-pyrrole nitrogens is 2. The molecule has 0 saturated heterocycles. The highest BCUT2D eigenvalue weighted by molar-refractivity contribution is 5.92. The van der Waals surface area contributed by atoms with Crippen molar-refractivity contribution >= 4 is 63.2 Å². The van der Waals surface area contributed by atoms with Crippen LogP contribution in [0.15, 0.2) is 24.8 Å². The Bertz CT molecular complexity index is 2220. The number of allylic oxidation sites excluding steroid dienone is 2. The number of esters is 3. The fraction of sp³-hybridized carbons (Fsp3) is 0.442. The fourth-order valence-electron chi connectivity index (χ4n) is 6.87. The van der Waals surface area contributed by atoms with Crippen molar-refractivity contribution in [3.63, 3.8) is 0 Å². The summed E-state index contributed by atoms with van der Waals surface area (Å²) in [5.74, 6) is -2.17. The molecule has 3 aromatic rings. The van der Waals surface area contributed by atoms with Crippen molar-refractivity contribution in [3.8, 4) is 0 Å². The molecule has 5 heterocycles. The summed E-state index contributed by atoms with van der Waals surface area (Å²) in [5, 5.41) is 7.86. The molecule has 59 heavy (non-hydrogen) atoms. The van der Waals surface area contributed by atoms with E-state index in [2.05, 4.69) is 90.5 Å². The Morgan fingerprint density at radius 3 is 2.03 bits per heavy atom. The Hall–Kier alpha value is -5.68. The lowest BCUT2D eigenvalue weighted by molar-refractivity contribution is -0.146. The van der Waals surface area contributed by atoms with Gasteiger partial charge >= 0.3 is 23.9 Å². The standard InChI is InChI=1S/C36H42N4O4.C4H9NO3.C3H7NO3/c1-10-24-20(5)29-14-31-22(7)26(12-13-34(42)43-9)36(40-31)27(17-44-23(8)41)35-19(4)18(3)28(39-35)15-32-25(11-2)21(6)30(38-32)16-33(24)37-29;1-7-4(6)2-8-3-5;4-2-7-1-3(5)6/h10,14-16,22,26,37-38H,1,11-13,17H2,2-9H3;2-3,5H2,1H3;1-2,4H2,(H,5,6)/t22-,26-;;/m0../s1. The van der Waals surface area contributed by atoms with Crippen molar-refractivity contribution in [2.75, 3.05) is 40.9 Å². The van der Waals surface area contributed by atoms with Crippen molar-refractivity contribution < 1.29 is 48.0 Å². The molecule has 2 atom stereocenters. The topological polar surface area (TPSA) is 244 Å². The smallest absolute Gasteiger partial charge is 0.331 e. The highest BCUT2D eigenvalue weighted by Crippen LogP contribution is 2.43. The first kappa shape index (κ1) is 47.7. The number of rotatable bonds is 13. The monoisotopic (exact) mass is 818 g/mol. The minimum atomic E-state index is -0.995. The number of carbonyl (C=O) groups is 4. The summed E-state index contributed by atoms with van der Waals surface area (Å²) in [5.41, 5.74) is 24.3. The van der Waals surface area contributed by atoms with Crippen LogP contribution in [0.25, 0.3) is 39.3 Å². The molecule has 0 aliphatic carbocycles. The van der Waals surface area contributed by atoms with E-state index in [-0.39, 0.29) is 63.5 Å². The number of carboxylic acid groups (broad SMARTS) is 1. The van der Waals surface area contributed by atoms with Gasteiger partial charge in [-0.3, -0.25) is 14.6 Å². The zero-order valence-electron chi connectivity index (χ0n) is 35.5. The van der Waals surface area contributed by atoms with Gasteiger partial charge < -0.3 is 50.2 Å². The van der Waals surface area contributed by atoms with Gasteiger partial charge in [-0.2, -0.15) is 0 Å². The summed E-state index contributed by atoms with van der Waals surface area (Å²) < 4.78 is 23.6. The van der Waals surface area contributed by atoms with Crippen LogP contribution < -0.4 is 11.5 Å². The van der Waals surface area contributed by atoms with E-state index in [0.29, 0.717) is 6.42 Å². The fourth-order valence-corrected chi connectivity index (χ4v) is 6.87. The largest absolute Gasteiger partial charge is 0.480 e. The lowest BCUT2D eigenvalue weighted by Crippen LogP contribution is -2.14. The number of methoxy groups -OCH3 is 2. The van der Waals surface area contributed by atoms with Crippen molar-refractivity contribution in [1.29, 1.82) is 0 Å². The lowest BCUT2D eigenvalue weighted by Gasteiger charge is -2.18. The average molecular weight is 819 g/mol. The third-order valence-corrected chi connectivity index (χ3v) is 10.3. The summed E-state index contributed by atoms with van der Waals surface area (Å²) >= 11 is 0. The van der Waals surface area contributed by atoms with Gasteiger partial charge in [0.05, 0.1) is 44.8 Å². The van der Waals surface area contributed by atoms with E-state index in [0.717, 1.165) is 79.1 Å². The van der Waals surface area contributed by atoms with E-state index >= 15 is 0 Å². The molecule has 16 nitrogen and oxygen atoms in total. The molecule has 0 aromatic carbocycles. The van der Waals surface area contributed by atoms with Gasteiger partial charge in [-0.25, -0.2) is 14.6 Å². The molecule has 320 valence electrons. The third-order valence-electron chi connectivity index (χ3n) is 10.3. The van der Waals surface area contributed by atoms with Crippen LogP contribution in [0, 0.1) is 13.8 Å². The van der Waals surface area contributed by atoms with Gasteiger partial charge in [0, 0.05) is 64.1 Å². The van der Waals surface area contributed by atoms with Gasteiger partial charge in [-0.1, -0.05) is 26.5 Å². The second kappa shape index (κ2) is 22.5. The molecule has 0 amide bonds. The number of aromatic amines is 2. The first-order valence-electron chi connectivity index (χ1n) is 19.2. The second-order valence-electron chi connectivity index (χ2n) is 13.8. The van der Waals surface area contributed by atoms with Gasteiger partial charge in [0.2, 0.25) is 0 Å². The van der Waals surface area contributed by atoms with E-state index in [1.165, 1.54) is 32.3 Å². The molecule has 5 rings (SSSR count). The number of hydrogen-bond donors (Lipinski definition) is 5. The molecule has 0 fully saturated rings. The van der Waals surface area contributed by atoms with Gasteiger partial charge in [0.1, 0.15) is 19.8 Å². The van der Waals surface area contributed by atoms with E-state index in [1.807, 2.05) is 6.08 Å². The quantitative estimate of drug-likeness (QED) is 0.0745. The van der Waals surface area contributed by atoms with E-state index in [4.69, 9.17) is 36.0 Å². The normalized spacial score (nSPS) is 14.4. The first-order valence-corrected chi connectivity index (χ1v) is 19.2. The number of nitrogens with zero attached hydrogens (tertiary/aromatic N) is 2. The van der Waals surface area contributed by atoms with Crippen molar-refractivity contribution in [2.45, 2.75) is 86.2 Å². The van der Waals surface area contributed by atoms with Gasteiger partial charge in [-0.15, -0.1) is 0 Å². The van der Waals surface area contributed by atoms with E-state index in [1.54, 1.807) is 0 Å². The van der Waals surface area contributed by atoms with Crippen LogP contribution >= 0.6 is 0 Å². The van der Waals surface area contributed by atoms with Crippen LogP contribution in [0.5, 0.6) is 0 Å². The first-order chi connectivity index (χ1) is 28.1. The summed E-state index contributed by atoms with van der Waals surface area (Å²) in [6.45, 7) is 17.8. The molecular formula is C43H58N6O10. The maximum atomic E-state index is 12.3. The molecule has 0 unspecified atom stereocenters. The van der Waals surface area contributed by atoms with Crippen molar-refractivity contribution in [2.24, 2.45) is 11.5 Å². The Morgan fingerprint density at radius 2 is 1.47 bits per heavy atom. The van der Waals surface area contributed by atoms with Gasteiger partial charge in [0.25, 0.3) is 0 Å². The SMILES string of the molecule is C=Cc1c(C)c2cc3nc(c(COC(C)=O)c4nc(cc5[nH]c(cc1[nH]2)c(C)c5CC)C(C)=C4C)[C@@H](CCC(=O)OC)[C@@H]3C.COC(=O)COCN.NCOCC(=O)O. The second-order valence-corrected chi connectivity index (χ2v) is 13.8. The van der Waals surface area contributed by atoms with Crippen LogP contribution in [-0.2, 0) is 55.9 Å². The molecule has 8 bridgehead atoms. The van der Waals surface area contributed by atoms with Crippen LogP contribution in [-0.4, -0.2) is 89.8 Å². The minimum absolute atomic E-state index is 0.0118. The molecule has 2 aliphatic heterocycles. The minimum Gasteiger partial charge on any atom is -0.480 e. The number of aromatic nitrogens is 4.